The highest BCUT2D eigenvalue weighted by Crippen LogP contribution is 2.35. The van der Waals surface area contributed by atoms with Gasteiger partial charge in [-0.1, -0.05) is 31.0 Å². The number of hydrogen-bond acceptors (Lipinski definition) is 3. The molecule has 1 fully saturated rings. The number of rotatable bonds is 2. The molecule has 3 rings (SSSR count). The summed E-state index contributed by atoms with van der Waals surface area (Å²) < 4.78 is 0. The molecule has 0 N–H and O–H groups in total. The predicted molar refractivity (Wildman–Crippen MR) is 77.6 cm³/mol. The third kappa shape index (κ3) is 2.67. The molecule has 1 heterocycles. The van der Waals surface area contributed by atoms with Crippen molar-refractivity contribution in [1.29, 1.82) is 0 Å². The van der Waals surface area contributed by atoms with Crippen LogP contribution >= 0.6 is 0 Å². The van der Waals surface area contributed by atoms with E-state index in [0.29, 0.717) is 19.4 Å². The highest BCUT2D eigenvalue weighted by Gasteiger charge is 2.36. The molecule has 21 heavy (non-hydrogen) atoms. The summed E-state index contributed by atoms with van der Waals surface area (Å²) in [6.07, 6.45) is 4.94. The number of carbonyl (C=O) groups excluding carboxylic acids is 2. The molecule has 1 aromatic carbocycles. The fourth-order valence-electron chi connectivity index (χ4n) is 3.67. The van der Waals surface area contributed by atoms with Crippen LogP contribution in [0.25, 0.3) is 0 Å². The summed E-state index contributed by atoms with van der Waals surface area (Å²) in [5, 5.41) is 11.3. The molecule has 0 aromatic heterocycles. The number of hydrogen-bond donors (Lipinski definition) is 0. The van der Waals surface area contributed by atoms with Gasteiger partial charge in [0.05, 0.1) is 0 Å². The Labute approximate surface area is 124 Å². The molecule has 1 aromatic rings. The SMILES string of the molecule is O=C([O-])C1CCCCC1C(=O)N1CCCc2ccccc21. The van der Waals surface area contributed by atoms with E-state index >= 15 is 0 Å². The van der Waals surface area contributed by atoms with Crippen LogP contribution in [-0.2, 0) is 16.0 Å². The van der Waals surface area contributed by atoms with Crippen LogP contribution in [-0.4, -0.2) is 18.4 Å². The lowest BCUT2D eigenvalue weighted by Crippen LogP contribution is -2.47. The minimum atomic E-state index is -1.07. The van der Waals surface area contributed by atoms with Gasteiger partial charge >= 0.3 is 0 Å². The maximum Gasteiger partial charge on any atom is 0.230 e. The average molecular weight is 286 g/mol. The van der Waals surface area contributed by atoms with Crippen LogP contribution in [0.1, 0.15) is 37.7 Å². The molecule has 1 saturated carbocycles. The Hall–Kier alpha value is -1.84. The van der Waals surface area contributed by atoms with Crippen LogP contribution in [0.4, 0.5) is 5.69 Å². The van der Waals surface area contributed by atoms with E-state index in [2.05, 4.69) is 0 Å². The zero-order valence-corrected chi connectivity index (χ0v) is 12.1. The first kappa shape index (κ1) is 14.1. The van der Waals surface area contributed by atoms with Crippen LogP contribution < -0.4 is 10.0 Å². The molecular weight excluding hydrogens is 266 g/mol. The summed E-state index contributed by atoms with van der Waals surface area (Å²) in [4.78, 5) is 26.0. The second kappa shape index (κ2) is 5.88. The molecule has 2 aliphatic rings. The Morgan fingerprint density at radius 3 is 2.52 bits per heavy atom. The fraction of sp³-hybridized carbons (Fsp3) is 0.529. The zero-order valence-electron chi connectivity index (χ0n) is 12.1. The lowest BCUT2D eigenvalue weighted by Gasteiger charge is -2.37. The minimum absolute atomic E-state index is 0.0314. The molecule has 2 unspecified atom stereocenters. The number of para-hydroxylation sites is 1. The van der Waals surface area contributed by atoms with E-state index in [0.717, 1.165) is 31.4 Å². The third-order valence-corrected chi connectivity index (χ3v) is 4.76. The highest BCUT2D eigenvalue weighted by molar-refractivity contribution is 5.98. The van der Waals surface area contributed by atoms with E-state index in [1.807, 2.05) is 24.3 Å². The quantitative estimate of drug-likeness (QED) is 0.828. The van der Waals surface area contributed by atoms with Crippen molar-refractivity contribution in [3.05, 3.63) is 29.8 Å². The monoisotopic (exact) mass is 286 g/mol. The van der Waals surface area contributed by atoms with Gasteiger partial charge < -0.3 is 14.8 Å². The Bertz CT molecular complexity index is 555. The van der Waals surface area contributed by atoms with Crippen LogP contribution in [0.5, 0.6) is 0 Å². The number of fused-ring (bicyclic) bond motifs is 1. The second-order valence-corrected chi connectivity index (χ2v) is 6.04. The number of carboxylic acid groups (broad SMARTS) is 1. The van der Waals surface area contributed by atoms with Gasteiger partial charge in [0, 0.05) is 30.0 Å². The number of carboxylic acids is 1. The van der Waals surface area contributed by atoms with Gasteiger partial charge in [-0.3, -0.25) is 4.79 Å². The first-order valence-corrected chi connectivity index (χ1v) is 7.78. The van der Waals surface area contributed by atoms with Gasteiger partial charge in [-0.15, -0.1) is 0 Å². The number of amides is 1. The number of aryl methyl sites for hydroxylation is 1. The van der Waals surface area contributed by atoms with Crippen LogP contribution in [0.3, 0.4) is 0 Å². The molecule has 112 valence electrons. The Morgan fingerprint density at radius 1 is 1.05 bits per heavy atom. The van der Waals surface area contributed by atoms with E-state index in [1.54, 1.807) is 4.90 Å². The molecule has 0 saturated heterocycles. The van der Waals surface area contributed by atoms with E-state index < -0.39 is 17.8 Å². The smallest absolute Gasteiger partial charge is 0.230 e. The van der Waals surface area contributed by atoms with E-state index in [-0.39, 0.29) is 5.91 Å². The summed E-state index contributed by atoms with van der Waals surface area (Å²) in [5.41, 5.74) is 2.13. The Morgan fingerprint density at radius 2 is 1.76 bits per heavy atom. The van der Waals surface area contributed by atoms with E-state index in [4.69, 9.17) is 0 Å². The number of anilines is 1. The van der Waals surface area contributed by atoms with Gasteiger partial charge in [0.15, 0.2) is 0 Å². The largest absolute Gasteiger partial charge is 0.550 e. The van der Waals surface area contributed by atoms with Crippen LogP contribution in [0.15, 0.2) is 24.3 Å². The van der Waals surface area contributed by atoms with Gasteiger partial charge in [-0.2, -0.15) is 0 Å². The van der Waals surface area contributed by atoms with Crippen molar-refractivity contribution in [2.45, 2.75) is 38.5 Å². The van der Waals surface area contributed by atoms with Crippen LogP contribution in [0.2, 0.25) is 0 Å². The normalized spacial score (nSPS) is 25.2. The van der Waals surface area contributed by atoms with Gasteiger partial charge in [0.1, 0.15) is 0 Å². The number of nitrogens with zero attached hydrogens (tertiary/aromatic N) is 1. The first-order valence-electron chi connectivity index (χ1n) is 7.78. The molecule has 1 amide bonds. The topological polar surface area (TPSA) is 60.4 Å². The molecule has 0 radical (unpaired) electrons. The summed E-state index contributed by atoms with van der Waals surface area (Å²) in [6.45, 7) is 0.687. The molecule has 0 spiro atoms. The van der Waals surface area contributed by atoms with Crippen LogP contribution in [0, 0.1) is 11.8 Å². The Balaban J connectivity index is 1.86. The molecule has 2 atom stereocenters. The van der Waals surface area contributed by atoms with Gasteiger partial charge in [-0.05, 0) is 37.3 Å². The third-order valence-electron chi connectivity index (χ3n) is 4.76. The predicted octanol–water partition coefficient (Wildman–Crippen LogP) is 1.52. The van der Waals surface area contributed by atoms with Crippen molar-refractivity contribution >= 4 is 17.6 Å². The minimum Gasteiger partial charge on any atom is -0.550 e. The van der Waals surface area contributed by atoms with Crippen molar-refractivity contribution < 1.29 is 14.7 Å². The molecule has 0 bridgehead atoms. The van der Waals surface area contributed by atoms with Crippen molar-refractivity contribution in [3.63, 3.8) is 0 Å². The van der Waals surface area contributed by atoms with E-state index in [1.165, 1.54) is 5.56 Å². The molecule has 1 aliphatic heterocycles. The highest BCUT2D eigenvalue weighted by atomic mass is 16.4. The zero-order chi connectivity index (χ0) is 14.8. The lowest BCUT2D eigenvalue weighted by atomic mass is 9.78. The number of carbonyl (C=O) groups is 2. The standard InChI is InChI=1S/C17H21NO3/c19-16(13-8-2-3-9-14(13)17(20)21)18-11-5-7-12-6-1-4-10-15(12)18/h1,4,6,10,13-14H,2-3,5,7-9,11H2,(H,20,21)/p-1. The Kier molecular flexibility index (Phi) is 3.95. The van der Waals surface area contributed by atoms with Crippen molar-refractivity contribution in [2.24, 2.45) is 11.8 Å². The fourth-order valence-corrected chi connectivity index (χ4v) is 3.67. The van der Waals surface area contributed by atoms with Crippen molar-refractivity contribution in [1.82, 2.24) is 0 Å². The van der Waals surface area contributed by atoms with Gasteiger partial charge in [0.25, 0.3) is 0 Å². The van der Waals surface area contributed by atoms with E-state index in [9.17, 15) is 14.7 Å². The summed E-state index contributed by atoms with van der Waals surface area (Å²) >= 11 is 0. The number of benzene rings is 1. The van der Waals surface area contributed by atoms with Gasteiger partial charge in [-0.25, -0.2) is 0 Å². The molecule has 4 nitrogen and oxygen atoms in total. The summed E-state index contributed by atoms with van der Waals surface area (Å²) in [6, 6.07) is 7.92. The lowest BCUT2D eigenvalue weighted by molar-refractivity contribution is -0.313. The molecule has 1 aliphatic carbocycles. The first-order chi connectivity index (χ1) is 10.2. The maximum absolute atomic E-state index is 12.9. The second-order valence-electron chi connectivity index (χ2n) is 6.04. The number of aliphatic carboxylic acids is 1. The molecular formula is C17H20NO3-. The molecule has 4 heteroatoms. The van der Waals surface area contributed by atoms with Crippen molar-refractivity contribution in [3.8, 4) is 0 Å². The van der Waals surface area contributed by atoms with Crippen molar-refractivity contribution in [2.75, 3.05) is 11.4 Å². The van der Waals surface area contributed by atoms with Gasteiger partial charge in [0.2, 0.25) is 5.91 Å². The summed E-state index contributed by atoms with van der Waals surface area (Å²) in [7, 11) is 0. The summed E-state index contributed by atoms with van der Waals surface area (Å²) in [5.74, 6) is -2.15. The maximum atomic E-state index is 12.9. The average Bonchev–Trinajstić information content (AvgIpc) is 2.53.